The minimum Gasteiger partial charge on any atom is -0.474 e. The van der Waals surface area contributed by atoms with Crippen molar-refractivity contribution in [2.24, 2.45) is 0 Å². The molecule has 1 aliphatic rings. The summed E-state index contributed by atoms with van der Waals surface area (Å²) in [5.41, 5.74) is 0.922. The Morgan fingerprint density at radius 1 is 1.39 bits per heavy atom. The van der Waals surface area contributed by atoms with Gasteiger partial charge in [-0.05, 0) is 13.3 Å². The number of ether oxygens (including phenoxy) is 2. The summed E-state index contributed by atoms with van der Waals surface area (Å²) in [5.74, 6) is 1.31. The van der Waals surface area contributed by atoms with Gasteiger partial charge in [0.15, 0.2) is 0 Å². The van der Waals surface area contributed by atoms with Gasteiger partial charge >= 0.3 is 0 Å². The van der Waals surface area contributed by atoms with Crippen molar-refractivity contribution < 1.29 is 9.47 Å². The van der Waals surface area contributed by atoms with E-state index in [0.29, 0.717) is 11.8 Å². The van der Waals surface area contributed by atoms with Crippen molar-refractivity contribution >= 4 is 5.95 Å². The predicted molar refractivity (Wildman–Crippen MR) is 70.0 cm³/mol. The molecule has 0 unspecified atom stereocenters. The first kappa shape index (κ1) is 13.1. The van der Waals surface area contributed by atoms with Crippen LogP contribution < -0.4 is 10.1 Å². The summed E-state index contributed by atoms with van der Waals surface area (Å²) < 4.78 is 11.2. The molecule has 18 heavy (non-hydrogen) atoms. The van der Waals surface area contributed by atoms with E-state index in [4.69, 9.17) is 9.47 Å². The Kier molecular flexibility index (Phi) is 4.75. The Morgan fingerprint density at radius 2 is 2.17 bits per heavy atom. The van der Waals surface area contributed by atoms with E-state index in [-0.39, 0.29) is 6.10 Å². The number of anilines is 1. The number of aryl methyl sites for hydroxylation is 1. The molecule has 1 aliphatic heterocycles. The van der Waals surface area contributed by atoms with Gasteiger partial charge < -0.3 is 14.8 Å². The minimum absolute atomic E-state index is 0.215. The third-order valence-electron chi connectivity index (χ3n) is 2.82. The Labute approximate surface area is 108 Å². The molecule has 1 aromatic rings. The van der Waals surface area contributed by atoms with Gasteiger partial charge in [-0.2, -0.15) is 4.98 Å². The molecule has 0 aromatic carbocycles. The van der Waals surface area contributed by atoms with Crippen LogP contribution in [0.15, 0.2) is 6.07 Å². The number of hydrogen-bond donors (Lipinski definition) is 1. The number of hydrogen-bond acceptors (Lipinski definition) is 5. The monoisotopic (exact) mass is 251 g/mol. The van der Waals surface area contributed by atoms with Crippen molar-refractivity contribution in [3.8, 4) is 5.88 Å². The maximum Gasteiger partial charge on any atom is 0.226 e. The first-order valence-corrected chi connectivity index (χ1v) is 6.62. The second-order valence-electron chi connectivity index (χ2n) is 4.53. The van der Waals surface area contributed by atoms with Crippen LogP contribution in [0.4, 0.5) is 5.95 Å². The van der Waals surface area contributed by atoms with E-state index in [1.165, 1.54) is 0 Å². The zero-order valence-corrected chi connectivity index (χ0v) is 11.1. The maximum atomic E-state index is 5.89. The molecule has 0 atom stereocenters. The summed E-state index contributed by atoms with van der Waals surface area (Å²) in [6.45, 7) is 6.49. The van der Waals surface area contributed by atoms with Gasteiger partial charge in [-0.3, -0.25) is 0 Å². The van der Waals surface area contributed by atoms with Crippen LogP contribution in [0.2, 0.25) is 0 Å². The Bertz CT molecular complexity index is 378. The van der Waals surface area contributed by atoms with Crippen LogP contribution in [0.5, 0.6) is 5.88 Å². The van der Waals surface area contributed by atoms with Gasteiger partial charge in [0, 0.05) is 31.1 Å². The zero-order chi connectivity index (χ0) is 12.8. The lowest BCUT2D eigenvalue weighted by atomic mass is 10.1. The second kappa shape index (κ2) is 6.54. The predicted octanol–water partition coefficient (Wildman–Crippen LogP) is 2.16. The number of rotatable bonds is 5. The molecule has 1 N–H and O–H groups in total. The van der Waals surface area contributed by atoms with Crippen LogP contribution in [0.3, 0.4) is 0 Å². The summed E-state index contributed by atoms with van der Waals surface area (Å²) >= 11 is 0. The molecular formula is C13H21N3O2. The molecule has 1 saturated heterocycles. The van der Waals surface area contributed by atoms with Crippen molar-refractivity contribution in [3.05, 3.63) is 11.8 Å². The topological polar surface area (TPSA) is 56.3 Å². The molecule has 100 valence electrons. The van der Waals surface area contributed by atoms with E-state index >= 15 is 0 Å². The lowest BCUT2D eigenvalue weighted by Crippen LogP contribution is -2.26. The largest absolute Gasteiger partial charge is 0.474 e. The van der Waals surface area contributed by atoms with Crippen molar-refractivity contribution in [1.29, 1.82) is 0 Å². The standard InChI is InChI=1S/C13H21N3O2/c1-3-6-14-13-15-10(2)9-12(16-13)18-11-4-7-17-8-5-11/h9,11H,3-8H2,1-2H3,(H,14,15,16). The van der Waals surface area contributed by atoms with Gasteiger partial charge in [-0.15, -0.1) is 0 Å². The van der Waals surface area contributed by atoms with Crippen LogP contribution >= 0.6 is 0 Å². The minimum atomic E-state index is 0.215. The van der Waals surface area contributed by atoms with Gasteiger partial charge in [0.1, 0.15) is 6.10 Å². The highest BCUT2D eigenvalue weighted by Gasteiger charge is 2.16. The van der Waals surface area contributed by atoms with E-state index in [9.17, 15) is 0 Å². The maximum absolute atomic E-state index is 5.89. The van der Waals surface area contributed by atoms with Gasteiger partial charge in [0.05, 0.1) is 13.2 Å². The third kappa shape index (κ3) is 3.84. The first-order chi connectivity index (χ1) is 8.78. The van der Waals surface area contributed by atoms with E-state index in [1.54, 1.807) is 0 Å². The van der Waals surface area contributed by atoms with Crippen LogP contribution in [0.25, 0.3) is 0 Å². The molecule has 0 radical (unpaired) electrons. The normalized spacial score (nSPS) is 16.6. The zero-order valence-electron chi connectivity index (χ0n) is 11.1. The highest BCUT2D eigenvalue weighted by Crippen LogP contribution is 2.18. The fourth-order valence-corrected chi connectivity index (χ4v) is 1.88. The molecule has 0 bridgehead atoms. The summed E-state index contributed by atoms with van der Waals surface area (Å²) in [6.07, 6.45) is 3.13. The molecule has 0 aliphatic carbocycles. The third-order valence-corrected chi connectivity index (χ3v) is 2.82. The SMILES string of the molecule is CCCNc1nc(C)cc(OC2CCOCC2)n1. The van der Waals surface area contributed by atoms with Gasteiger partial charge in [0.2, 0.25) is 11.8 Å². The van der Waals surface area contributed by atoms with Crippen molar-refractivity contribution in [3.63, 3.8) is 0 Å². The lowest BCUT2D eigenvalue weighted by Gasteiger charge is -2.22. The average molecular weight is 251 g/mol. The molecular weight excluding hydrogens is 230 g/mol. The highest BCUT2D eigenvalue weighted by molar-refractivity contribution is 5.30. The van der Waals surface area contributed by atoms with Crippen molar-refractivity contribution in [2.75, 3.05) is 25.1 Å². The van der Waals surface area contributed by atoms with E-state index < -0.39 is 0 Å². The summed E-state index contributed by atoms with van der Waals surface area (Å²) in [4.78, 5) is 8.72. The van der Waals surface area contributed by atoms with E-state index in [1.807, 2.05) is 13.0 Å². The smallest absolute Gasteiger partial charge is 0.226 e. The summed E-state index contributed by atoms with van der Waals surface area (Å²) in [5, 5.41) is 3.19. The Balaban J connectivity index is 1.99. The Morgan fingerprint density at radius 3 is 2.89 bits per heavy atom. The van der Waals surface area contributed by atoms with Crippen LogP contribution in [-0.2, 0) is 4.74 Å². The fourth-order valence-electron chi connectivity index (χ4n) is 1.88. The number of nitrogens with zero attached hydrogens (tertiary/aromatic N) is 2. The van der Waals surface area contributed by atoms with E-state index in [2.05, 4.69) is 22.2 Å². The van der Waals surface area contributed by atoms with Gasteiger partial charge in [-0.25, -0.2) is 4.98 Å². The molecule has 0 spiro atoms. The molecule has 0 amide bonds. The fraction of sp³-hybridized carbons (Fsp3) is 0.692. The molecule has 2 heterocycles. The van der Waals surface area contributed by atoms with Gasteiger partial charge in [0.25, 0.3) is 0 Å². The average Bonchev–Trinajstić information content (AvgIpc) is 2.37. The summed E-state index contributed by atoms with van der Waals surface area (Å²) in [7, 11) is 0. The highest BCUT2D eigenvalue weighted by atomic mass is 16.5. The molecule has 0 saturated carbocycles. The number of nitrogens with one attached hydrogen (secondary N) is 1. The lowest BCUT2D eigenvalue weighted by molar-refractivity contribution is 0.0237. The van der Waals surface area contributed by atoms with Crippen molar-refractivity contribution in [1.82, 2.24) is 9.97 Å². The molecule has 1 aromatic heterocycles. The van der Waals surface area contributed by atoms with Crippen LogP contribution in [-0.4, -0.2) is 35.8 Å². The summed E-state index contributed by atoms with van der Waals surface area (Å²) in [6, 6.07) is 1.88. The van der Waals surface area contributed by atoms with Crippen LogP contribution in [0, 0.1) is 6.92 Å². The molecule has 5 nitrogen and oxygen atoms in total. The quantitative estimate of drug-likeness (QED) is 0.869. The number of aromatic nitrogens is 2. The molecule has 2 rings (SSSR count). The van der Waals surface area contributed by atoms with Gasteiger partial charge in [-0.1, -0.05) is 6.92 Å². The molecule has 5 heteroatoms. The van der Waals surface area contributed by atoms with E-state index in [0.717, 1.165) is 44.7 Å². The van der Waals surface area contributed by atoms with Crippen molar-refractivity contribution in [2.45, 2.75) is 39.2 Å². The molecule has 1 fully saturated rings. The Hall–Kier alpha value is -1.36. The first-order valence-electron chi connectivity index (χ1n) is 6.62. The van der Waals surface area contributed by atoms with Crippen LogP contribution in [0.1, 0.15) is 31.9 Å². The second-order valence-corrected chi connectivity index (χ2v) is 4.53.